The third kappa shape index (κ3) is 4.95. The second-order valence-corrected chi connectivity index (χ2v) is 11.8. The zero-order chi connectivity index (χ0) is 30.1. The highest BCUT2D eigenvalue weighted by Gasteiger charge is 2.79. The van der Waals surface area contributed by atoms with Gasteiger partial charge in [0.15, 0.2) is 0 Å². The first-order valence-corrected chi connectivity index (χ1v) is 14.7. The number of carbonyl (C=O) groups excluding carboxylic acids is 3. The Hall–Kier alpha value is -3.46. The van der Waals surface area contributed by atoms with Crippen LogP contribution in [0.1, 0.15) is 44.2 Å². The molecule has 9 heteroatoms. The molecule has 2 aromatic carbocycles. The molecule has 3 aliphatic heterocycles. The zero-order valence-electron chi connectivity index (χ0n) is 23.8. The molecule has 3 heterocycles. The molecule has 42 heavy (non-hydrogen) atoms. The molecule has 2 bridgehead atoms. The summed E-state index contributed by atoms with van der Waals surface area (Å²) in [4.78, 5) is 45.9. The molecular formula is C33H37ClN2O6. The number of rotatable bonds is 12. The zero-order valence-corrected chi connectivity index (χ0v) is 24.5. The average Bonchev–Trinajstić information content (AvgIpc) is 3.56. The highest BCUT2D eigenvalue weighted by Crippen LogP contribution is 2.64. The van der Waals surface area contributed by atoms with E-state index in [0.717, 1.165) is 0 Å². The molecule has 2 unspecified atom stereocenters. The second-order valence-electron chi connectivity index (χ2n) is 11.4. The molecule has 1 spiro atoms. The molecule has 1 N–H and O–H groups in total. The number of unbranched alkanes of at least 4 members (excludes halogenated alkanes) is 1. The Morgan fingerprint density at radius 2 is 1.88 bits per heavy atom. The number of ether oxygens (including phenoxy) is 2. The summed E-state index contributed by atoms with van der Waals surface area (Å²) in [5.41, 5.74) is -0.991. The summed E-state index contributed by atoms with van der Waals surface area (Å²) in [5.74, 6) is -3.11. The molecule has 3 fully saturated rings. The number of nitrogens with zero attached hydrogens (tertiary/aromatic N) is 2. The Morgan fingerprint density at radius 3 is 2.52 bits per heavy atom. The minimum atomic E-state index is -1.28. The van der Waals surface area contributed by atoms with Crippen molar-refractivity contribution in [2.24, 2.45) is 11.8 Å². The Bertz CT molecular complexity index is 1350. The van der Waals surface area contributed by atoms with Gasteiger partial charge in [0.1, 0.15) is 17.6 Å². The number of amides is 2. The van der Waals surface area contributed by atoms with Crippen molar-refractivity contribution in [3.05, 3.63) is 90.5 Å². The largest absolute Gasteiger partial charge is 0.465 e. The maximum Gasteiger partial charge on any atom is 0.312 e. The number of aliphatic hydroxyl groups excluding tert-OH is 1. The standard InChI is InChI=1S/C33H37ClN2O6/c1-4-6-10-20-41-31(40)27-26-29(38)36(25(21-37)22-11-8-7-9-12-22)28(33(26)18-17-32(27,3)42-33)30(39)35(19-5-2)24-15-13-23(34)14-16-24/h4-5,7-9,11-16,25-28,37H,1-2,6,10,17-21H2,3H3/t25-,26+,27+,28?,32-,33?/m1/s1. The number of halogens is 1. The summed E-state index contributed by atoms with van der Waals surface area (Å²) in [6, 6.07) is 14.0. The smallest absolute Gasteiger partial charge is 0.312 e. The normalized spacial score (nSPS) is 28.3. The Balaban J connectivity index is 1.61. The number of likely N-dealkylation sites (tertiary alicyclic amines) is 1. The Labute approximate surface area is 251 Å². The number of anilines is 1. The maximum absolute atomic E-state index is 14.7. The van der Waals surface area contributed by atoms with Gasteiger partial charge in [-0.1, -0.05) is 54.1 Å². The van der Waals surface area contributed by atoms with Gasteiger partial charge in [0.05, 0.1) is 30.8 Å². The van der Waals surface area contributed by atoms with Crippen LogP contribution in [0.2, 0.25) is 5.02 Å². The van der Waals surface area contributed by atoms with Crippen molar-refractivity contribution < 1.29 is 29.0 Å². The van der Waals surface area contributed by atoms with E-state index < -0.39 is 53.6 Å². The summed E-state index contributed by atoms with van der Waals surface area (Å²) in [6.45, 7) is 9.33. The fourth-order valence-electron chi connectivity index (χ4n) is 7.08. The number of carbonyl (C=O) groups is 3. The van der Waals surface area contributed by atoms with Gasteiger partial charge in [-0.15, -0.1) is 13.2 Å². The van der Waals surface area contributed by atoms with Gasteiger partial charge in [-0.3, -0.25) is 14.4 Å². The molecule has 8 nitrogen and oxygen atoms in total. The molecule has 0 radical (unpaired) electrons. The van der Waals surface area contributed by atoms with Crippen LogP contribution in [0.5, 0.6) is 0 Å². The number of hydrogen-bond acceptors (Lipinski definition) is 6. The molecule has 222 valence electrons. The van der Waals surface area contributed by atoms with Crippen LogP contribution < -0.4 is 4.90 Å². The Kier molecular flexibility index (Phi) is 8.60. The molecule has 2 aromatic rings. The molecule has 3 aliphatic rings. The predicted molar refractivity (Wildman–Crippen MR) is 160 cm³/mol. The van der Waals surface area contributed by atoms with Gasteiger partial charge in [-0.25, -0.2) is 0 Å². The van der Waals surface area contributed by atoms with Crippen molar-refractivity contribution in [3.63, 3.8) is 0 Å². The van der Waals surface area contributed by atoms with Crippen molar-refractivity contribution in [1.82, 2.24) is 4.90 Å². The summed E-state index contributed by atoms with van der Waals surface area (Å²) < 4.78 is 12.4. The van der Waals surface area contributed by atoms with Crippen molar-refractivity contribution in [1.29, 1.82) is 0 Å². The van der Waals surface area contributed by atoms with Gasteiger partial charge < -0.3 is 24.4 Å². The fraction of sp³-hybridized carbons (Fsp3) is 0.424. The molecular weight excluding hydrogens is 556 g/mol. The van der Waals surface area contributed by atoms with E-state index in [9.17, 15) is 19.5 Å². The molecule has 0 saturated carbocycles. The van der Waals surface area contributed by atoms with Crippen molar-refractivity contribution in [2.45, 2.75) is 55.9 Å². The first-order valence-electron chi connectivity index (χ1n) is 14.4. The number of aliphatic hydroxyl groups is 1. The Morgan fingerprint density at radius 1 is 1.17 bits per heavy atom. The maximum atomic E-state index is 14.7. The van der Waals surface area contributed by atoms with Crippen LogP contribution in [0.15, 0.2) is 79.9 Å². The lowest BCUT2D eigenvalue weighted by Gasteiger charge is -2.39. The van der Waals surface area contributed by atoms with Crippen LogP contribution in [0.4, 0.5) is 5.69 Å². The van der Waals surface area contributed by atoms with Gasteiger partial charge in [0.25, 0.3) is 5.91 Å². The van der Waals surface area contributed by atoms with E-state index in [0.29, 0.717) is 42.0 Å². The minimum Gasteiger partial charge on any atom is -0.465 e. The summed E-state index contributed by atoms with van der Waals surface area (Å²) in [6.07, 6.45) is 5.58. The fourth-order valence-corrected chi connectivity index (χ4v) is 7.20. The third-order valence-electron chi connectivity index (χ3n) is 8.91. The van der Waals surface area contributed by atoms with Crippen molar-refractivity contribution in [2.75, 3.05) is 24.7 Å². The van der Waals surface area contributed by atoms with Crippen LogP contribution in [0.3, 0.4) is 0 Å². The molecule has 3 saturated heterocycles. The quantitative estimate of drug-likeness (QED) is 0.215. The molecule has 6 atom stereocenters. The lowest BCUT2D eigenvalue weighted by Crippen LogP contribution is -2.57. The molecule has 5 rings (SSSR count). The van der Waals surface area contributed by atoms with E-state index in [1.165, 1.54) is 4.90 Å². The number of fused-ring (bicyclic) bond motifs is 1. The van der Waals surface area contributed by atoms with Crippen molar-refractivity contribution in [3.8, 4) is 0 Å². The highest BCUT2D eigenvalue weighted by molar-refractivity contribution is 6.30. The van der Waals surface area contributed by atoms with Gasteiger partial charge in [-0.2, -0.15) is 0 Å². The molecule has 2 amide bonds. The SMILES string of the molecule is C=CCCCOC(=O)[C@@H]1[C@H]2C(=O)N([C@H](CO)c3ccccc3)C(C(=O)N(CC=C)c3ccc(Cl)cc3)C23CC[C@@]1(C)O3. The number of allylic oxidation sites excluding steroid dienone is 1. The van der Waals surface area contributed by atoms with Gasteiger partial charge >= 0.3 is 5.97 Å². The lowest BCUT2D eigenvalue weighted by atomic mass is 9.66. The first kappa shape index (κ1) is 30.0. The van der Waals surface area contributed by atoms with Gasteiger partial charge in [0, 0.05) is 17.3 Å². The second kappa shape index (κ2) is 12.0. The predicted octanol–water partition coefficient (Wildman–Crippen LogP) is 4.87. The third-order valence-corrected chi connectivity index (χ3v) is 9.16. The summed E-state index contributed by atoms with van der Waals surface area (Å²) >= 11 is 6.14. The topological polar surface area (TPSA) is 96.4 Å². The van der Waals surface area contributed by atoms with E-state index in [1.807, 2.05) is 37.3 Å². The van der Waals surface area contributed by atoms with E-state index in [-0.39, 0.29) is 19.1 Å². The monoisotopic (exact) mass is 592 g/mol. The minimum absolute atomic E-state index is 0.168. The van der Waals surface area contributed by atoms with Gasteiger partial charge in [0.2, 0.25) is 5.91 Å². The number of hydrogen-bond donors (Lipinski definition) is 1. The van der Waals surface area contributed by atoms with Gasteiger partial charge in [-0.05, 0) is 62.4 Å². The summed E-state index contributed by atoms with van der Waals surface area (Å²) in [7, 11) is 0. The van der Waals surface area contributed by atoms with Crippen LogP contribution >= 0.6 is 11.6 Å². The van der Waals surface area contributed by atoms with Crippen LogP contribution in [-0.4, -0.2) is 64.8 Å². The van der Waals surface area contributed by atoms with Crippen LogP contribution in [0, 0.1) is 11.8 Å². The average molecular weight is 593 g/mol. The van der Waals surface area contributed by atoms with E-state index in [2.05, 4.69) is 13.2 Å². The number of esters is 1. The summed E-state index contributed by atoms with van der Waals surface area (Å²) in [5, 5.41) is 11.2. The number of benzene rings is 2. The molecule has 0 aliphatic carbocycles. The highest BCUT2D eigenvalue weighted by atomic mass is 35.5. The van der Waals surface area contributed by atoms with E-state index in [4.69, 9.17) is 21.1 Å². The lowest BCUT2D eigenvalue weighted by molar-refractivity contribution is -0.160. The van der Waals surface area contributed by atoms with Crippen molar-refractivity contribution >= 4 is 35.1 Å². The van der Waals surface area contributed by atoms with Crippen LogP contribution in [0.25, 0.3) is 0 Å². The molecule has 0 aromatic heterocycles. The first-order chi connectivity index (χ1) is 20.2. The van der Waals surface area contributed by atoms with Crippen LogP contribution in [-0.2, 0) is 23.9 Å². The van der Waals surface area contributed by atoms with E-state index in [1.54, 1.807) is 41.3 Å². The van der Waals surface area contributed by atoms with E-state index >= 15 is 0 Å².